The number of fused-ring (bicyclic) bond motifs is 3. The largest absolute Gasteiger partial charge is 0.389 e. The van der Waals surface area contributed by atoms with Crippen LogP contribution < -0.4 is 5.32 Å². The molecule has 5 heterocycles. The van der Waals surface area contributed by atoms with Crippen LogP contribution in [0.2, 0.25) is 0 Å². The number of amides is 2. The van der Waals surface area contributed by atoms with E-state index in [-0.39, 0.29) is 18.5 Å². The van der Waals surface area contributed by atoms with Gasteiger partial charge in [0.2, 0.25) is 11.9 Å². The smallest absolute Gasteiger partial charge is 0.339 e. The Balaban J connectivity index is 1.12. The van der Waals surface area contributed by atoms with E-state index in [9.17, 15) is 22.8 Å². The van der Waals surface area contributed by atoms with E-state index < -0.39 is 24.9 Å². The summed E-state index contributed by atoms with van der Waals surface area (Å²) in [5.41, 5.74) is 3.87. The van der Waals surface area contributed by atoms with Crippen LogP contribution in [-0.2, 0) is 4.79 Å². The van der Waals surface area contributed by atoms with Crippen molar-refractivity contribution in [2.45, 2.75) is 37.9 Å². The number of piperidine rings is 1. The minimum Gasteiger partial charge on any atom is -0.339 e. The number of aromatic nitrogens is 3. The zero-order chi connectivity index (χ0) is 28.7. The van der Waals surface area contributed by atoms with E-state index in [2.05, 4.69) is 27.3 Å². The number of hydrogen-bond acceptors (Lipinski definition) is 6. The van der Waals surface area contributed by atoms with Crippen LogP contribution in [0.4, 0.5) is 24.8 Å². The van der Waals surface area contributed by atoms with Gasteiger partial charge in [-0.15, -0.1) is 5.10 Å². The van der Waals surface area contributed by atoms with Gasteiger partial charge in [-0.05, 0) is 67.8 Å². The molecule has 0 radical (unpaired) electrons. The number of alkyl halides is 3. The average Bonchev–Trinajstić information content (AvgIpc) is 3.50. The molecule has 2 bridgehead atoms. The summed E-state index contributed by atoms with van der Waals surface area (Å²) in [5, 5.41) is 7.75. The molecule has 3 aliphatic rings. The van der Waals surface area contributed by atoms with Gasteiger partial charge in [-0.25, -0.2) is 4.52 Å². The fraction of sp³-hybridized carbons (Fsp3) is 0.448. The lowest BCUT2D eigenvalue weighted by atomic mass is 10.00. The number of rotatable bonds is 6. The van der Waals surface area contributed by atoms with Crippen molar-refractivity contribution in [3.8, 4) is 0 Å². The van der Waals surface area contributed by atoms with Gasteiger partial charge in [0.1, 0.15) is 0 Å². The number of carbonyl (C=O) groups is 2. The molecule has 2 unspecified atom stereocenters. The van der Waals surface area contributed by atoms with Crippen LogP contribution in [0, 0.1) is 5.92 Å². The minimum absolute atomic E-state index is 0.0659. The van der Waals surface area contributed by atoms with Crippen molar-refractivity contribution in [2.75, 3.05) is 45.1 Å². The van der Waals surface area contributed by atoms with Gasteiger partial charge in [0.05, 0.1) is 6.42 Å². The Labute approximate surface area is 235 Å². The Kier molecular flexibility index (Phi) is 7.18. The highest BCUT2D eigenvalue weighted by molar-refractivity contribution is 5.95. The van der Waals surface area contributed by atoms with Gasteiger partial charge in [-0.3, -0.25) is 9.59 Å². The summed E-state index contributed by atoms with van der Waals surface area (Å²) in [6.45, 7) is 3.37. The maximum atomic E-state index is 13.2. The molecule has 2 saturated heterocycles. The van der Waals surface area contributed by atoms with E-state index in [0.717, 1.165) is 42.9 Å². The van der Waals surface area contributed by atoms with Crippen LogP contribution >= 0.6 is 0 Å². The van der Waals surface area contributed by atoms with Crippen molar-refractivity contribution >= 4 is 34.7 Å². The summed E-state index contributed by atoms with van der Waals surface area (Å²) in [7, 11) is 2.11. The molecule has 2 amide bonds. The van der Waals surface area contributed by atoms with Crippen molar-refractivity contribution in [1.82, 2.24) is 29.3 Å². The van der Waals surface area contributed by atoms with Crippen LogP contribution in [0.25, 0.3) is 11.2 Å². The first-order valence-corrected chi connectivity index (χ1v) is 13.9. The monoisotopic (exact) mass is 567 g/mol. The van der Waals surface area contributed by atoms with Gasteiger partial charge in [0.25, 0.3) is 5.91 Å². The zero-order valence-electron chi connectivity index (χ0n) is 22.8. The van der Waals surface area contributed by atoms with E-state index in [4.69, 9.17) is 0 Å². The van der Waals surface area contributed by atoms with Gasteiger partial charge in [-0.1, -0.05) is 6.08 Å². The van der Waals surface area contributed by atoms with Crippen LogP contribution in [-0.4, -0.2) is 93.1 Å². The summed E-state index contributed by atoms with van der Waals surface area (Å²) in [4.78, 5) is 35.8. The molecule has 2 atom stereocenters. The summed E-state index contributed by atoms with van der Waals surface area (Å²) in [6.07, 6.45) is -0.737. The molecule has 0 aliphatic carbocycles. The number of anilines is 2. The topological polar surface area (TPSA) is 86.1 Å². The average molecular weight is 568 g/mol. The summed E-state index contributed by atoms with van der Waals surface area (Å²) in [5.74, 6) is 0.515. The Bertz CT molecular complexity index is 1480. The number of nitrogens with zero attached hydrogens (tertiary/aromatic N) is 6. The third-order valence-corrected chi connectivity index (χ3v) is 8.13. The van der Waals surface area contributed by atoms with Crippen molar-refractivity contribution < 1.29 is 22.8 Å². The second kappa shape index (κ2) is 10.8. The van der Waals surface area contributed by atoms with E-state index >= 15 is 0 Å². The molecular formula is C29H32F3N7O2. The number of hydrogen-bond donors (Lipinski definition) is 1. The summed E-state index contributed by atoms with van der Waals surface area (Å²) in [6, 6.07) is 11.4. The van der Waals surface area contributed by atoms with E-state index in [1.165, 1.54) is 4.90 Å². The van der Waals surface area contributed by atoms with Gasteiger partial charge in [0, 0.05) is 68.2 Å². The summed E-state index contributed by atoms with van der Waals surface area (Å²) >= 11 is 0. The van der Waals surface area contributed by atoms with Gasteiger partial charge >= 0.3 is 6.18 Å². The van der Waals surface area contributed by atoms with Crippen molar-refractivity contribution in [3.05, 3.63) is 59.8 Å². The first-order valence-electron chi connectivity index (χ1n) is 13.9. The molecule has 2 aromatic heterocycles. The lowest BCUT2D eigenvalue weighted by Crippen LogP contribution is -2.42. The van der Waals surface area contributed by atoms with Crippen LogP contribution in [0.15, 0.2) is 48.7 Å². The number of pyridine rings is 1. The molecule has 3 aromatic rings. The molecule has 0 saturated carbocycles. The third kappa shape index (κ3) is 5.92. The molecule has 9 nitrogen and oxygen atoms in total. The lowest BCUT2D eigenvalue weighted by Gasteiger charge is -2.29. The summed E-state index contributed by atoms with van der Waals surface area (Å²) < 4.78 is 39.1. The van der Waals surface area contributed by atoms with Crippen molar-refractivity contribution in [2.24, 2.45) is 5.92 Å². The normalized spacial score (nSPS) is 21.3. The van der Waals surface area contributed by atoms with E-state index in [1.807, 2.05) is 47.4 Å². The predicted octanol–water partition coefficient (Wildman–Crippen LogP) is 4.21. The second-order valence-electron chi connectivity index (χ2n) is 11.2. The molecule has 41 heavy (non-hydrogen) atoms. The number of likely N-dealkylation sites (tertiary alicyclic amines) is 2. The maximum absolute atomic E-state index is 13.2. The van der Waals surface area contributed by atoms with E-state index in [1.54, 1.807) is 10.7 Å². The Morgan fingerprint density at radius 3 is 2.63 bits per heavy atom. The first kappa shape index (κ1) is 27.3. The number of benzene rings is 1. The Hall–Kier alpha value is -3.93. The van der Waals surface area contributed by atoms with Gasteiger partial charge in [-0.2, -0.15) is 18.2 Å². The quantitative estimate of drug-likeness (QED) is 0.481. The standard InChI is InChI=1S/C29H32F3N7O2/c1-36-16-19-15-23(18-36)38(17-19)27(41)21-4-6-22(7-5-21)33-28-34-26-24(3-2-12-39(26)35-28)20-9-13-37(14-10-20)25(40)8-11-29(30,31)32/h2-7,9,12,19,23H,8,10-11,13-18H2,1H3,(H,33,35). The second-order valence-corrected chi connectivity index (χ2v) is 11.2. The molecule has 1 N–H and O–H groups in total. The Morgan fingerprint density at radius 1 is 1.10 bits per heavy atom. The highest BCUT2D eigenvalue weighted by atomic mass is 19.4. The third-order valence-electron chi connectivity index (χ3n) is 8.13. The van der Waals surface area contributed by atoms with Crippen molar-refractivity contribution in [1.29, 1.82) is 0 Å². The number of halogens is 3. The molecule has 3 aliphatic heterocycles. The van der Waals surface area contributed by atoms with Gasteiger partial charge < -0.3 is 20.0 Å². The first-order chi connectivity index (χ1) is 19.6. The number of likely N-dealkylation sites (N-methyl/N-ethyl adjacent to an activating group) is 1. The number of nitrogens with one attached hydrogen (secondary N) is 1. The predicted molar refractivity (Wildman–Crippen MR) is 148 cm³/mol. The maximum Gasteiger partial charge on any atom is 0.389 e. The molecule has 2 fully saturated rings. The molecule has 1 aromatic carbocycles. The lowest BCUT2D eigenvalue weighted by molar-refractivity contribution is -0.148. The fourth-order valence-electron chi connectivity index (χ4n) is 6.19. The van der Waals surface area contributed by atoms with E-state index in [0.29, 0.717) is 36.0 Å². The van der Waals surface area contributed by atoms with Crippen LogP contribution in [0.5, 0.6) is 0 Å². The van der Waals surface area contributed by atoms with Crippen molar-refractivity contribution in [3.63, 3.8) is 0 Å². The fourth-order valence-corrected chi connectivity index (χ4v) is 6.19. The molecule has 6 rings (SSSR count). The highest BCUT2D eigenvalue weighted by Crippen LogP contribution is 2.31. The molecule has 216 valence electrons. The van der Waals surface area contributed by atoms with Crippen LogP contribution in [0.3, 0.4) is 0 Å². The highest BCUT2D eigenvalue weighted by Gasteiger charge is 2.40. The zero-order valence-corrected chi connectivity index (χ0v) is 22.8. The minimum atomic E-state index is -4.34. The molecule has 12 heteroatoms. The number of carbonyl (C=O) groups excluding carboxylic acids is 2. The Morgan fingerprint density at radius 2 is 1.90 bits per heavy atom. The molecular weight excluding hydrogens is 535 g/mol. The SMILES string of the molecule is CN1CC2CC(C1)N(C(=O)c1ccc(Nc3nc4c(C5=CCN(C(=O)CCC(F)(F)F)CC5)cccn4n3)cc1)C2. The van der Waals surface area contributed by atoms with Crippen LogP contribution in [0.1, 0.15) is 41.6 Å². The molecule has 0 spiro atoms. The van der Waals surface area contributed by atoms with Gasteiger partial charge in [0.15, 0.2) is 5.65 Å².